The molecule has 0 saturated carbocycles. The van der Waals surface area contributed by atoms with Crippen molar-refractivity contribution in [2.75, 3.05) is 11.9 Å². The van der Waals surface area contributed by atoms with E-state index < -0.39 is 23.6 Å². The van der Waals surface area contributed by atoms with E-state index in [1.807, 2.05) is 27.7 Å². The van der Waals surface area contributed by atoms with Crippen LogP contribution in [0.3, 0.4) is 0 Å². The molecule has 0 unspecified atom stereocenters. The molecule has 0 aromatic heterocycles. The maximum Gasteiger partial charge on any atom is 0.329 e. The Kier molecular flexibility index (Phi) is 7.82. The Morgan fingerprint density at radius 2 is 1.78 bits per heavy atom. The van der Waals surface area contributed by atoms with Crippen molar-refractivity contribution in [3.05, 3.63) is 29.3 Å². The van der Waals surface area contributed by atoms with Crippen molar-refractivity contribution in [1.29, 1.82) is 0 Å². The van der Waals surface area contributed by atoms with Crippen molar-refractivity contribution in [2.24, 2.45) is 5.92 Å². The highest BCUT2D eigenvalue weighted by molar-refractivity contribution is 5.98. The van der Waals surface area contributed by atoms with Crippen LogP contribution < -0.4 is 16.0 Å². The highest BCUT2D eigenvalue weighted by atomic mass is 16.6. The summed E-state index contributed by atoms with van der Waals surface area (Å²) < 4.78 is 5.38. The molecule has 3 N–H and O–H groups in total. The molecule has 0 spiro atoms. The number of anilines is 1. The van der Waals surface area contributed by atoms with Gasteiger partial charge in [0.15, 0.2) is 0 Å². The summed E-state index contributed by atoms with van der Waals surface area (Å²) in [5.74, 6) is -0.844. The molecule has 7 heteroatoms. The molecule has 27 heavy (non-hydrogen) atoms. The van der Waals surface area contributed by atoms with Crippen LogP contribution in [0.1, 0.15) is 57.5 Å². The fourth-order valence-electron chi connectivity index (χ4n) is 2.32. The first-order valence-corrected chi connectivity index (χ1v) is 9.13. The number of rotatable bonds is 6. The predicted octanol–water partition coefficient (Wildman–Crippen LogP) is 3.23. The Labute approximate surface area is 161 Å². The molecule has 0 heterocycles. The van der Waals surface area contributed by atoms with E-state index in [-0.39, 0.29) is 11.8 Å². The summed E-state index contributed by atoms with van der Waals surface area (Å²) in [5.41, 5.74) is 1.12. The Morgan fingerprint density at radius 1 is 1.15 bits per heavy atom. The van der Waals surface area contributed by atoms with Gasteiger partial charge in [-0.05, 0) is 58.2 Å². The van der Waals surface area contributed by atoms with E-state index in [9.17, 15) is 14.4 Å². The quantitative estimate of drug-likeness (QED) is 0.663. The van der Waals surface area contributed by atoms with Crippen LogP contribution in [-0.4, -0.2) is 36.1 Å². The first-order chi connectivity index (χ1) is 12.4. The van der Waals surface area contributed by atoms with Crippen molar-refractivity contribution in [1.82, 2.24) is 10.6 Å². The molecule has 3 amide bonds. The van der Waals surface area contributed by atoms with Crippen LogP contribution in [0.2, 0.25) is 0 Å². The number of aryl methyl sites for hydroxylation is 1. The summed E-state index contributed by atoms with van der Waals surface area (Å²) in [6.45, 7) is 13.2. The minimum absolute atomic E-state index is 0.145. The predicted molar refractivity (Wildman–Crippen MR) is 106 cm³/mol. The standard InChI is InChI=1S/C20H31N3O4/c1-8-21-17(24)14-10-9-13(4)15(11-14)22-19(26)23-16(12(2)3)18(25)27-20(5,6)7/h9-12,16H,8H2,1-7H3,(H,21,24)(H2,22,23,26)/t16-/m0/s1. The van der Waals surface area contributed by atoms with Gasteiger partial charge in [-0.15, -0.1) is 0 Å². The van der Waals surface area contributed by atoms with Crippen molar-refractivity contribution >= 4 is 23.6 Å². The van der Waals surface area contributed by atoms with Gasteiger partial charge in [0.2, 0.25) is 0 Å². The normalized spacial score (nSPS) is 12.3. The smallest absolute Gasteiger partial charge is 0.329 e. The number of esters is 1. The average molecular weight is 377 g/mol. The number of urea groups is 1. The molecule has 150 valence electrons. The van der Waals surface area contributed by atoms with Crippen LogP contribution in [0.5, 0.6) is 0 Å². The van der Waals surface area contributed by atoms with Gasteiger partial charge in [0.25, 0.3) is 5.91 Å². The summed E-state index contributed by atoms with van der Waals surface area (Å²) in [4.78, 5) is 36.8. The first-order valence-electron chi connectivity index (χ1n) is 9.13. The van der Waals surface area contributed by atoms with Gasteiger partial charge in [-0.2, -0.15) is 0 Å². The lowest BCUT2D eigenvalue weighted by molar-refractivity contribution is -0.158. The minimum Gasteiger partial charge on any atom is -0.458 e. The van der Waals surface area contributed by atoms with Gasteiger partial charge in [0.05, 0.1) is 0 Å². The lowest BCUT2D eigenvalue weighted by Gasteiger charge is -2.26. The summed E-state index contributed by atoms with van der Waals surface area (Å²) >= 11 is 0. The van der Waals surface area contributed by atoms with E-state index in [1.54, 1.807) is 39.0 Å². The van der Waals surface area contributed by atoms with E-state index in [1.165, 1.54) is 0 Å². The van der Waals surface area contributed by atoms with Crippen LogP contribution in [0, 0.1) is 12.8 Å². The molecule has 0 aliphatic rings. The zero-order valence-electron chi connectivity index (χ0n) is 17.2. The van der Waals surface area contributed by atoms with Crippen LogP contribution in [0.4, 0.5) is 10.5 Å². The topological polar surface area (TPSA) is 96.5 Å². The highest BCUT2D eigenvalue weighted by Crippen LogP contribution is 2.18. The van der Waals surface area contributed by atoms with Gasteiger partial charge in [0.1, 0.15) is 11.6 Å². The summed E-state index contributed by atoms with van der Waals surface area (Å²) in [6.07, 6.45) is 0. The molecule has 0 fully saturated rings. The zero-order valence-corrected chi connectivity index (χ0v) is 17.2. The third kappa shape index (κ3) is 7.29. The fourth-order valence-corrected chi connectivity index (χ4v) is 2.32. The summed E-state index contributed by atoms with van der Waals surface area (Å²) in [6, 6.07) is 3.75. The maximum atomic E-state index is 12.4. The second-order valence-corrected chi connectivity index (χ2v) is 7.74. The molecule has 0 aliphatic heterocycles. The van der Waals surface area contributed by atoms with Crippen molar-refractivity contribution in [3.63, 3.8) is 0 Å². The monoisotopic (exact) mass is 377 g/mol. The summed E-state index contributed by atoms with van der Waals surface area (Å²) in [5, 5.41) is 8.09. The molecule has 1 rings (SSSR count). The Morgan fingerprint density at radius 3 is 2.30 bits per heavy atom. The number of carbonyl (C=O) groups is 3. The van der Waals surface area contributed by atoms with Gasteiger partial charge in [-0.1, -0.05) is 19.9 Å². The number of ether oxygens (including phenoxy) is 1. The number of carbonyl (C=O) groups excluding carboxylic acids is 3. The van der Waals surface area contributed by atoms with E-state index in [0.29, 0.717) is 17.8 Å². The first kappa shape index (κ1) is 22.5. The van der Waals surface area contributed by atoms with E-state index in [4.69, 9.17) is 4.74 Å². The molecule has 7 nitrogen and oxygen atoms in total. The Balaban J connectivity index is 2.89. The highest BCUT2D eigenvalue weighted by Gasteiger charge is 2.29. The summed E-state index contributed by atoms with van der Waals surface area (Å²) in [7, 11) is 0. The largest absolute Gasteiger partial charge is 0.458 e. The molecular formula is C20H31N3O4. The molecule has 0 radical (unpaired) electrons. The van der Waals surface area contributed by atoms with Gasteiger partial charge in [0, 0.05) is 17.8 Å². The lowest BCUT2D eigenvalue weighted by atomic mass is 10.0. The van der Waals surface area contributed by atoms with E-state index in [2.05, 4.69) is 16.0 Å². The molecule has 1 aromatic rings. The second kappa shape index (κ2) is 9.39. The number of amides is 3. The van der Waals surface area contributed by atoms with Crippen molar-refractivity contribution in [2.45, 2.75) is 60.1 Å². The van der Waals surface area contributed by atoms with Gasteiger partial charge < -0.3 is 20.7 Å². The van der Waals surface area contributed by atoms with Gasteiger partial charge >= 0.3 is 12.0 Å². The van der Waals surface area contributed by atoms with Crippen LogP contribution in [0.15, 0.2) is 18.2 Å². The fraction of sp³-hybridized carbons (Fsp3) is 0.550. The number of nitrogens with one attached hydrogen (secondary N) is 3. The molecular weight excluding hydrogens is 346 g/mol. The molecule has 1 aromatic carbocycles. The molecule has 0 saturated heterocycles. The van der Waals surface area contributed by atoms with E-state index >= 15 is 0 Å². The van der Waals surface area contributed by atoms with Crippen molar-refractivity contribution < 1.29 is 19.1 Å². The second-order valence-electron chi connectivity index (χ2n) is 7.74. The third-order valence-corrected chi connectivity index (χ3v) is 3.70. The minimum atomic E-state index is -0.781. The molecule has 0 aliphatic carbocycles. The van der Waals surface area contributed by atoms with Crippen molar-refractivity contribution in [3.8, 4) is 0 Å². The zero-order chi connectivity index (χ0) is 20.8. The average Bonchev–Trinajstić information content (AvgIpc) is 2.52. The maximum absolute atomic E-state index is 12.4. The van der Waals surface area contributed by atoms with E-state index in [0.717, 1.165) is 5.56 Å². The number of benzene rings is 1. The lowest BCUT2D eigenvalue weighted by Crippen LogP contribution is -2.48. The van der Waals surface area contributed by atoms with Crippen LogP contribution in [-0.2, 0) is 9.53 Å². The van der Waals surface area contributed by atoms with Gasteiger partial charge in [-0.25, -0.2) is 9.59 Å². The number of hydrogen-bond acceptors (Lipinski definition) is 4. The van der Waals surface area contributed by atoms with Gasteiger partial charge in [-0.3, -0.25) is 4.79 Å². The Hall–Kier alpha value is -2.57. The van der Waals surface area contributed by atoms with Crippen LogP contribution in [0.25, 0.3) is 0 Å². The van der Waals surface area contributed by atoms with Crippen LogP contribution >= 0.6 is 0 Å². The third-order valence-electron chi connectivity index (χ3n) is 3.70. The molecule has 1 atom stereocenters. The Bertz CT molecular complexity index is 693. The number of hydrogen-bond donors (Lipinski definition) is 3. The molecule has 0 bridgehead atoms. The SMILES string of the molecule is CCNC(=O)c1ccc(C)c(NC(=O)N[C@H](C(=O)OC(C)(C)C)C(C)C)c1.